The highest BCUT2D eigenvalue weighted by Crippen LogP contribution is 2.21. The molecule has 0 bridgehead atoms. The van der Waals surface area contributed by atoms with Crippen molar-refractivity contribution in [1.82, 2.24) is 9.71 Å². The number of aryl methyl sites for hydroxylation is 1. The molecule has 2 N–H and O–H groups in total. The van der Waals surface area contributed by atoms with E-state index in [1.165, 1.54) is 11.3 Å². The number of benzene rings is 1. The molecule has 20 heavy (non-hydrogen) atoms. The maximum atomic E-state index is 12.3. The lowest BCUT2D eigenvalue weighted by Gasteiger charge is -2.11. The summed E-state index contributed by atoms with van der Waals surface area (Å²) in [7, 11) is -3.54. The maximum Gasteiger partial charge on any atom is 0.242 e. The highest BCUT2D eigenvalue weighted by Gasteiger charge is 2.17. The predicted molar refractivity (Wildman–Crippen MR) is 81.5 cm³/mol. The first-order valence-electron chi connectivity index (χ1n) is 6.27. The second-order valence-corrected chi connectivity index (χ2v) is 7.25. The third-order valence-electron chi connectivity index (χ3n) is 2.65. The average molecular weight is 311 g/mol. The lowest BCUT2D eigenvalue weighted by Crippen LogP contribution is -2.23. The van der Waals surface area contributed by atoms with E-state index in [9.17, 15) is 8.42 Å². The fraction of sp³-hybridized carbons (Fsp3) is 0.308. The molecule has 0 spiro atoms. The van der Waals surface area contributed by atoms with Crippen molar-refractivity contribution < 1.29 is 8.42 Å². The number of rotatable bonds is 6. The molecule has 0 aliphatic heterocycles. The van der Waals surface area contributed by atoms with E-state index < -0.39 is 10.0 Å². The summed E-state index contributed by atoms with van der Waals surface area (Å²) >= 11 is 1.48. The van der Waals surface area contributed by atoms with Crippen molar-refractivity contribution in [3.63, 3.8) is 0 Å². The SMILES string of the molecule is CCNc1ccccc1S(=O)(=O)NCc1cnc(C)s1. The molecule has 0 amide bonds. The zero-order chi connectivity index (χ0) is 14.6. The van der Waals surface area contributed by atoms with Gasteiger partial charge >= 0.3 is 0 Å². The number of hydrogen-bond acceptors (Lipinski definition) is 5. The Kier molecular flexibility index (Phi) is 4.74. The Bertz CT molecular complexity index is 680. The number of sulfonamides is 1. The van der Waals surface area contributed by atoms with Gasteiger partial charge in [0.25, 0.3) is 0 Å². The van der Waals surface area contributed by atoms with E-state index in [0.717, 1.165) is 9.88 Å². The van der Waals surface area contributed by atoms with Crippen LogP contribution in [-0.4, -0.2) is 19.9 Å². The van der Waals surface area contributed by atoms with Gasteiger partial charge in [-0.15, -0.1) is 11.3 Å². The van der Waals surface area contributed by atoms with Crippen LogP contribution in [0.15, 0.2) is 35.4 Å². The number of nitrogens with zero attached hydrogens (tertiary/aromatic N) is 1. The molecule has 1 aromatic carbocycles. The summed E-state index contributed by atoms with van der Waals surface area (Å²) in [5, 5.41) is 3.98. The highest BCUT2D eigenvalue weighted by molar-refractivity contribution is 7.89. The number of hydrogen-bond donors (Lipinski definition) is 2. The first-order chi connectivity index (χ1) is 9.53. The van der Waals surface area contributed by atoms with Crippen molar-refractivity contribution in [2.75, 3.05) is 11.9 Å². The van der Waals surface area contributed by atoms with Crippen LogP contribution in [-0.2, 0) is 16.6 Å². The monoisotopic (exact) mass is 311 g/mol. The molecule has 1 heterocycles. The molecule has 0 aliphatic rings. The lowest BCUT2D eigenvalue weighted by molar-refractivity contribution is 0.582. The van der Waals surface area contributed by atoms with Gasteiger partial charge in [0.2, 0.25) is 10.0 Å². The van der Waals surface area contributed by atoms with E-state index in [1.54, 1.807) is 24.4 Å². The summed E-state index contributed by atoms with van der Waals surface area (Å²) in [5.41, 5.74) is 0.614. The van der Waals surface area contributed by atoms with Gasteiger partial charge in [0.1, 0.15) is 4.90 Å². The summed E-state index contributed by atoms with van der Waals surface area (Å²) < 4.78 is 27.3. The van der Waals surface area contributed by atoms with Crippen molar-refractivity contribution in [3.05, 3.63) is 40.3 Å². The van der Waals surface area contributed by atoms with Crippen LogP contribution in [0.5, 0.6) is 0 Å². The molecule has 0 aliphatic carbocycles. The molecule has 0 atom stereocenters. The quantitative estimate of drug-likeness (QED) is 0.859. The highest BCUT2D eigenvalue weighted by atomic mass is 32.2. The van der Waals surface area contributed by atoms with Crippen molar-refractivity contribution in [1.29, 1.82) is 0 Å². The predicted octanol–water partition coefficient (Wildman–Crippen LogP) is 2.36. The topological polar surface area (TPSA) is 71.1 Å². The molecule has 2 rings (SSSR count). The van der Waals surface area contributed by atoms with Crippen LogP contribution in [0.3, 0.4) is 0 Å². The van der Waals surface area contributed by atoms with Crippen LogP contribution in [0, 0.1) is 6.92 Å². The summed E-state index contributed by atoms with van der Waals surface area (Å²) in [6, 6.07) is 6.88. The minimum absolute atomic E-state index is 0.258. The molecule has 0 fully saturated rings. The molecule has 0 saturated heterocycles. The van der Waals surface area contributed by atoms with Gasteiger partial charge in [-0.3, -0.25) is 0 Å². The summed E-state index contributed by atoms with van der Waals surface area (Å²) in [6.07, 6.45) is 1.69. The van der Waals surface area contributed by atoms with Crippen LogP contribution in [0.2, 0.25) is 0 Å². The van der Waals surface area contributed by atoms with Crippen molar-refractivity contribution >= 4 is 27.0 Å². The molecule has 0 radical (unpaired) electrons. The Balaban J connectivity index is 2.18. The first kappa shape index (κ1) is 15.0. The van der Waals surface area contributed by atoms with Gasteiger partial charge in [-0.2, -0.15) is 0 Å². The Morgan fingerprint density at radius 3 is 2.70 bits per heavy atom. The zero-order valence-electron chi connectivity index (χ0n) is 11.4. The van der Waals surface area contributed by atoms with E-state index >= 15 is 0 Å². The number of para-hydroxylation sites is 1. The van der Waals surface area contributed by atoms with E-state index in [1.807, 2.05) is 19.9 Å². The third-order valence-corrected chi connectivity index (χ3v) is 5.02. The second-order valence-electron chi connectivity index (χ2n) is 4.20. The number of thiazole rings is 1. The zero-order valence-corrected chi connectivity index (χ0v) is 13.0. The van der Waals surface area contributed by atoms with Crippen molar-refractivity contribution in [3.8, 4) is 0 Å². The maximum absolute atomic E-state index is 12.3. The van der Waals surface area contributed by atoms with Gasteiger partial charge in [0, 0.05) is 24.2 Å². The van der Waals surface area contributed by atoms with E-state index in [4.69, 9.17) is 0 Å². The molecule has 0 saturated carbocycles. The minimum atomic E-state index is -3.54. The fourth-order valence-electron chi connectivity index (χ4n) is 1.77. The molecule has 1 aromatic heterocycles. The van der Waals surface area contributed by atoms with E-state index in [-0.39, 0.29) is 11.4 Å². The Morgan fingerprint density at radius 2 is 2.05 bits per heavy atom. The minimum Gasteiger partial charge on any atom is -0.384 e. The Hall–Kier alpha value is -1.44. The molecule has 108 valence electrons. The Morgan fingerprint density at radius 1 is 1.30 bits per heavy atom. The van der Waals surface area contributed by atoms with Crippen LogP contribution in [0.1, 0.15) is 16.8 Å². The molecule has 0 unspecified atom stereocenters. The Labute approximate surface area is 123 Å². The van der Waals surface area contributed by atoms with Crippen molar-refractivity contribution in [2.45, 2.75) is 25.3 Å². The standard InChI is InChI=1S/C13H17N3O2S2/c1-3-14-12-6-4-5-7-13(12)20(17,18)16-9-11-8-15-10(2)19-11/h4-8,14,16H,3,9H2,1-2H3. The van der Waals surface area contributed by atoms with Gasteiger partial charge in [-0.25, -0.2) is 18.1 Å². The summed E-state index contributed by atoms with van der Waals surface area (Å²) in [6.45, 7) is 4.74. The van der Waals surface area contributed by atoms with Crippen LogP contribution < -0.4 is 10.0 Å². The summed E-state index contributed by atoms with van der Waals surface area (Å²) in [4.78, 5) is 5.27. The third kappa shape index (κ3) is 3.56. The number of anilines is 1. The molecule has 7 heteroatoms. The van der Waals surface area contributed by atoms with Crippen molar-refractivity contribution in [2.24, 2.45) is 0 Å². The number of aromatic nitrogens is 1. The lowest BCUT2D eigenvalue weighted by atomic mass is 10.3. The van der Waals surface area contributed by atoms with E-state index in [0.29, 0.717) is 12.2 Å². The molecule has 2 aromatic rings. The molecule has 5 nitrogen and oxygen atoms in total. The fourth-order valence-corrected chi connectivity index (χ4v) is 3.78. The molecular formula is C13H17N3O2S2. The van der Waals surface area contributed by atoms with Gasteiger partial charge < -0.3 is 5.32 Å². The largest absolute Gasteiger partial charge is 0.384 e. The van der Waals surface area contributed by atoms with Crippen LogP contribution in [0.25, 0.3) is 0 Å². The van der Waals surface area contributed by atoms with Gasteiger partial charge in [0.05, 0.1) is 10.7 Å². The average Bonchev–Trinajstić information content (AvgIpc) is 2.83. The first-order valence-corrected chi connectivity index (χ1v) is 8.57. The number of nitrogens with one attached hydrogen (secondary N) is 2. The van der Waals surface area contributed by atoms with Gasteiger partial charge in [-0.05, 0) is 26.0 Å². The van der Waals surface area contributed by atoms with Gasteiger partial charge in [0.15, 0.2) is 0 Å². The molecular weight excluding hydrogens is 294 g/mol. The van der Waals surface area contributed by atoms with Crippen LogP contribution in [0.4, 0.5) is 5.69 Å². The normalized spacial score (nSPS) is 11.5. The smallest absolute Gasteiger partial charge is 0.242 e. The second kappa shape index (κ2) is 6.34. The van der Waals surface area contributed by atoms with Crippen LogP contribution >= 0.6 is 11.3 Å². The summed E-state index contributed by atoms with van der Waals surface area (Å²) in [5.74, 6) is 0. The van der Waals surface area contributed by atoms with Gasteiger partial charge in [-0.1, -0.05) is 12.1 Å². The van der Waals surface area contributed by atoms with E-state index in [2.05, 4.69) is 15.0 Å².